The van der Waals surface area contributed by atoms with Gasteiger partial charge in [0, 0.05) is 11.1 Å². The number of halogens is 1. The van der Waals surface area contributed by atoms with Gasteiger partial charge < -0.3 is 11.1 Å². The molecule has 6 nitrogen and oxygen atoms in total. The summed E-state index contributed by atoms with van der Waals surface area (Å²) < 4.78 is 0. The maximum atomic E-state index is 11.6. The standard InChI is InChI=1S/C10H12ClN3O3/c1-10(2,12)9(15)13-7-4-3-6(11)5-8(7)14(16)17/h3-5H,12H2,1-2H3,(H,13,15). The third-order valence-corrected chi connectivity index (χ3v) is 2.22. The number of nitro benzene ring substituents is 1. The van der Waals surface area contributed by atoms with Gasteiger partial charge in [-0.25, -0.2) is 0 Å². The van der Waals surface area contributed by atoms with E-state index in [4.69, 9.17) is 17.3 Å². The summed E-state index contributed by atoms with van der Waals surface area (Å²) in [5.74, 6) is -0.511. The van der Waals surface area contributed by atoms with Crippen LogP contribution in [0.15, 0.2) is 18.2 Å². The number of nitrogens with zero attached hydrogens (tertiary/aromatic N) is 1. The third kappa shape index (κ3) is 3.40. The number of hydrogen-bond donors (Lipinski definition) is 2. The lowest BCUT2D eigenvalue weighted by molar-refractivity contribution is -0.383. The van der Waals surface area contributed by atoms with Crippen molar-refractivity contribution in [1.29, 1.82) is 0 Å². The zero-order valence-electron chi connectivity index (χ0n) is 9.36. The molecule has 0 aromatic heterocycles. The molecule has 0 unspecified atom stereocenters. The number of carbonyl (C=O) groups is 1. The summed E-state index contributed by atoms with van der Waals surface area (Å²) in [6, 6.07) is 3.98. The van der Waals surface area contributed by atoms with Crippen LogP contribution in [0.2, 0.25) is 5.02 Å². The minimum Gasteiger partial charge on any atom is -0.319 e. The summed E-state index contributed by atoms with van der Waals surface area (Å²) >= 11 is 5.65. The number of anilines is 1. The molecule has 0 saturated carbocycles. The Morgan fingerprint density at radius 3 is 2.59 bits per heavy atom. The molecule has 0 radical (unpaired) electrons. The molecule has 0 heterocycles. The second-order valence-corrected chi connectivity index (χ2v) is 4.53. The van der Waals surface area contributed by atoms with Crippen LogP contribution < -0.4 is 11.1 Å². The van der Waals surface area contributed by atoms with Gasteiger partial charge in [0.25, 0.3) is 5.69 Å². The van der Waals surface area contributed by atoms with Gasteiger partial charge >= 0.3 is 0 Å². The number of carbonyl (C=O) groups excluding carboxylic acids is 1. The van der Waals surface area contributed by atoms with E-state index in [1.807, 2.05) is 0 Å². The SMILES string of the molecule is CC(C)(N)C(=O)Nc1ccc(Cl)cc1[N+](=O)[O-]. The number of nitrogens with one attached hydrogen (secondary N) is 1. The Morgan fingerprint density at radius 2 is 2.12 bits per heavy atom. The molecule has 1 rings (SSSR count). The van der Waals surface area contributed by atoms with E-state index in [1.54, 1.807) is 0 Å². The van der Waals surface area contributed by atoms with Crippen molar-refractivity contribution in [2.75, 3.05) is 5.32 Å². The van der Waals surface area contributed by atoms with Gasteiger partial charge in [0.15, 0.2) is 0 Å². The second-order valence-electron chi connectivity index (χ2n) is 4.09. The van der Waals surface area contributed by atoms with Crippen LogP contribution in [0.3, 0.4) is 0 Å². The van der Waals surface area contributed by atoms with Crippen LogP contribution in [0, 0.1) is 10.1 Å². The molecule has 0 aliphatic carbocycles. The molecule has 3 N–H and O–H groups in total. The lowest BCUT2D eigenvalue weighted by Crippen LogP contribution is -2.45. The van der Waals surface area contributed by atoms with Crippen LogP contribution in [0.5, 0.6) is 0 Å². The molecule has 1 amide bonds. The van der Waals surface area contributed by atoms with Gasteiger partial charge in [0.2, 0.25) is 5.91 Å². The highest BCUT2D eigenvalue weighted by Crippen LogP contribution is 2.28. The van der Waals surface area contributed by atoms with Gasteiger partial charge in [-0.1, -0.05) is 11.6 Å². The van der Waals surface area contributed by atoms with Crippen molar-refractivity contribution >= 4 is 28.9 Å². The van der Waals surface area contributed by atoms with Crippen molar-refractivity contribution in [2.24, 2.45) is 5.73 Å². The van der Waals surface area contributed by atoms with Crippen LogP contribution in [-0.4, -0.2) is 16.4 Å². The molecule has 0 aliphatic rings. The first-order chi connectivity index (χ1) is 7.71. The first-order valence-electron chi connectivity index (χ1n) is 4.76. The Hall–Kier alpha value is -1.66. The van der Waals surface area contributed by atoms with Crippen molar-refractivity contribution in [3.05, 3.63) is 33.3 Å². The van der Waals surface area contributed by atoms with Crippen molar-refractivity contribution in [3.63, 3.8) is 0 Å². The Bertz CT molecular complexity index is 468. The fourth-order valence-electron chi connectivity index (χ4n) is 1.04. The van der Waals surface area contributed by atoms with Crippen LogP contribution in [0.25, 0.3) is 0 Å². The smallest absolute Gasteiger partial charge is 0.294 e. The van der Waals surface area contributed by atoms with E-state index in [0.29, 0.717) is 0 Å². The van der Waals surface area contributed by atoms with Gasteiger partial charge in [0.05, 0.1) is 10.5 Å². The fourth-order valence-corrected chi connectivity index (χ4v) is 1.21. The lowest BCUT2D eigenvalue weighted by atomic mass is 10.1. The quantitative estimate of drug-likeness (QED) is 0.638. The molecule has 1 aromatic carbocycles. The average molecular weight is 258 g/mol. The first kappa shape index (κ1) is 13.4. The maximum Gasteiger partial charge on any atom is 0.294 e. The highest BCUT2D eigenvalue weighted by atomic mass is 35.5. The van der Waals surface area contributed by atoms with Crippen molar-refractivity contribution in [3.8, 4) is 0 Å². The minimum absolute atomic E-state index is 0.0722. The molecule has 0 saturated heterocycles. The van der Waals surface area contributed by atoms with E-state index in [2.05, 4.69) is 5.32 Å². The summed E-state index contributed by atoms with van der Waals surface area (Å²) in [5, 5.41) is 13.4. The molecule has 0 spiro atoms. The van der Waals surface area contributed by atoms with E-state index in [0.717, 1.165) is 0 Å². The number of hydrogen-bond acceptors (Lipinski definition) is 4. The van der Waals surface area contributed by atoms with Crippen molar-refractivity contribution in [2.45, 2.75) is 19.4 Å². The fraction of sp³-hybridized carbons (Fsp3) is 0.300. The summed E-state index contributed by atoms with van der Waals surface area (Å²) in [6.07, 6.45) is 0. The predicted molar refractivity (Wildman–Crippen MR) is 65.0 cm³/mol. The second kappa shape index (κ2) is 4.68. The van der Waals surface area contributed by atoms with Gasteiger partial charge in [-0.15, -0.1) is 0 Å². The summed E-state index contributed by atoms with van der Waals surface area (Å²) in [4.78, 5) is 21.8. The zero-order valence-corrected chi connectivity index (χ0v) is 10.1. The Balaban J connectivity index is 3.07. The molecule has 0 fully saturated rings. The minimum atomic E-state index is -1.12. The summed E-state index contributed by atoms with van der Waals surface area (Å²) in [5.41, 5.74) is 4.26. The van der Waals surface area contributed by atoms with Gasteiger partial charge in [-0.05, 0) is 26.0 Å². The largest absolute Gasteiger partial charge is 0.319 e. The zero-order chi connectivity index (χ0) is 13.2. The Labute approximate surface area is 103 Å². The molecular formula is C10H12ClN3O3. The number of nitrogens with two attached hydrogens (primary N) is 1. The van der Waals surface area contributed by atoms with E-state index < -0.39 is 16.4 Å². The molecular weight excluding hydrogens is 246 g/mol. The number of benzene rings is 1. The van der Waals surface area contributed by atoms with E-state index >= 15 is 0 Å². The third-order valence-electron chi connectivity index (χ3n) is 1.99. The van der Waals surface area contributed by atoms with Crippen LogP contribution in [-0.2, 0) is 4.79 Å². The normalized spacial score (nSPS) is 11.1. The van der Waals surface area contributed by atoms with Crippen molar-refractivity contribution < 1.29 is 9.72 Å². The topological polar surface area (TPSA) is 98.3 Å². The summed E-state index contributed by atoms with van der Waals surface area (Å²) in [6.45, 7) is 3.01. The highest BCUT2D eigenvalue weighted by molar-refractivity contribution is 6.31. The van der Waals surface area contributed by atoms with Gasteiger partial charge in [-0.2, -0.15) is 0 Å². The van der Waals surface area contributed by atoms with E-state index in [1.165, 1.54) is 32.0 Å². The van der Waals surface area contributed by atoms with Gasteiger partial charge in [-0.3, -0.25) is 14.9 Å². The molecule has 0 bridgehead atoms. The van der Waals surface area contributed by atoms with E-state index in [-0.39, 0.29) is 16.4 Å². The van der Waals surface area contributed by atoms with Crippen LogP contribution in [0.1, 0.15) is 13.8 Å². The number of nitro groups is 1. The average Bonchev–Trinajstić information content (AvgIpc) is 2.18. The highest BCUT2D eigenvalue weighted by Gasteiger charge is 2.25. The number of amides is 1. The van der Waals surface area contributed by atoms with Gasteiger partial charge in [0.1, 0.15) is 5.69 Å². The first-order valence-corrected chi connectivity index (χ1v) is 5.14. The molecule has 1 aromatic rings. The molecule has 0 aliphatic heterocycles. The monoisotopic (exact) mass is 257 g/mol. The van der Waals surface area contributed by atoms with E-state index in [9.17, 15) is 14.9 Å². The molecule has 7 heteroatoms. The van der Waals surface area contributed by atoms with Crippen LogP contribution in [0.4, 0.5) is 11.4 Å². The predicted octanol–water partition coefficient (Wildman–Crippen LogP) is 1.92. The van der Waals surface area contributed by atoms with Crippen molar-refractivity contribution in [1.82, 2.24) is 0 Å². The lowest BCUT2D eigenvalue weighted by Gasteiger charge is -2.17. The summed E-state index contributed by atoms with van der Waals surface area (Å²) in [7, 11) is 0. The Morgan fingerprint density at radius 1 is 1.53 bits per heavy atom. The maximum absolute atomic E-state index is 11.6. The Kier molecular flexibility index (Phi) is 3.69. The number of rotatable bonds is 3. The molecule has 0 atom stereocenters. The molecule has 17 heavy (non-hydrogen) atoms. The molecule has 92 valence electrons. The van der Waals surface area contributed by atoms with Crippen LogP contribution >= 0.6 is 11.6 Å².